The normalized spacial score (nSPS) is 10.7. The number of nitrogens with zero attached hydrogens (tertiary/aromatic N) is 3. The molecule has 0 fully saturated rings. The highest BCUT2D eigenvalue weighted by Gasteiger charge is 2.10. The molecule has 0 bridgehead atoms. The van der Waals surface area contributed by atoms with Crippen LogP contribution in [0.1, 0.15) is 20.8 Å². The maximum absolute atomic E-state index is 5.67. The number of aromatic nitrogens is 2. The molecule has 0 saturated carbocycles. The van der Waals surface area contributed by atoms with Crippen LogP contribution in [0.5, 0.6) is 0 Å². The van der Waals surface area contributed by atoms with Crippen LogP contribution >= 0.6 is 15.9 Å². The average Bonchev–Trinajstić information content (AvgIpc) is 2.12. The highest BCUT2D eigenvalue weighted by Crippen LogP contribution is 2.16. The molecule has 15 heavy (non-hydrogen) atoms. The second kappa shape index (κ2) is 5.30. The Hall–Kier alpha value is -0.840. The maximum atomic E-state index is 5.67. The smallest absolute Gasteiger partial charge is 0.228 e. The van der Waals surface area contributed by atoms with E-state index < -0.39 is 0 Å². The summed E-state index contributed by atoms with van der Waals surface area (Å²) >= 11 is 3.32. The van der Waals surface area contributed by atoms with Gasteiger partial charge in [0, 0.05) is 19.2 Å². The number of nitrogens with two attached hydrogens (primary N) is 1. The molecule has 5 heteroatoms. The molecule has 1 aromatic rings. The molecule has 4 nitrogen and oxygen atoms in total. The van der Waals surface area contributed by atoms with Gasteiger partial charge < -0.3 is 10.6 Å². The van der Waals surface area contributed by atoms with Crippen LogP contribution in [-0.2, 0) is 0 Å². The summed E-state index contributed by atoms with van der Waals surface area (Å²) in [6.45, 7) is 8.25. The fourth-order valence-corrected chi connectivity index (χ4v) is 1.75. The Kier molecular flexibility index (Phi) is 4.32. The van der Waals surface area contributed by atoms with Crippen LogP contribution in [0.4, 0.5) is 11.8 Å². The monoisotopic (exact) mass is 272 g/mol. The molecule has 0 amide bonds. The standard InChI is InChI=1S/C10H17BrN4/c1-4-15(6-7(2)3)10-13-8(11)5-9(12)14-10/h5,7H,4,6H2,1-3H3,(H2,12,13,14). The van der Waals surface area contributed by atoms with Gasteiger partial charge >= 0.3 is 0 Å². The predicted molar refractivity (Wildman–Crippen MR) is 66.9 cm³/mol. The first-order valence-corrected chi connectivity index (χ1v) is 5.87. The van der Waals surface area contributed by atoms with Gasteiger partial charge in [0.25, 0.3) is 0 Å². The third-order valence-electron chi connectivity index (χ3n) is 1.95. The first-order valence-electron chi connectivity index (χ1n) is 5.08. The fourth-order valence-electron chi connectivity index (χ4n) is 1.36. The number of nitrogen functional groups attached to an aromatic ring is 1. The topological polar surface area (TPSA) is 55.0 Å². The molecule has 2 N–H and O–H groups in total. The second-order valence-corrected chi connectivity index (χ2v) is 4.66. The molecule has 1 aromatic heterocycles. The SMILES string of the molecule is CCN(CC(C)C)c1nc(N)cc(Br)n1. The van der Waals surface area contributed by atoms with Crippen molar-refractivity contribution in [3.8, 4) is 0 Å². The molecule has 0 radical (unpaired) electrons. The Bertz CT molecular complexity index is 307. The van der Waals surface area contributed by atoms with E-state index in [1.807, 2.05) is 0 Å². The molecule has 0 aliphatic carbocycles. The molecule has 0 saturated heterocycles. The summed E-state index contributed by atoms with van der Waals surface area (Å²) in [5, 5.41) is 0. The van der Waals surface area contributed by atoms with Gasteiger partial charge in [-0.3, -0.25) is 0 Å². The van der Waals surface area contributed by atoms with E-state index in [1.54, 1.807) is 6.07 Å². The number of halogens is 1. The molecular formula is C10H17BrN4. The van der Waals surface area contributed by atoms with Crippen molar-refractivity contribution in [1.82, 2.24) is 9.97 Å². The number of hydrogen-bond acceptors (Lipinski definition) is 4. The summed E-state index contributed by atoms with van der Waals surface area (Å²) in [4.78, 5) is 10.6. The summed E-state index contributed by atoms with van der Waals surface area (Å²) in [6.07, 6.45) is 0. The fraction of sp³-hybridized carbons (Fsp3) is 0.600. The first kappa shape index (κ1) is 12.2. The first-order chi connectivity index (χ1) is 7.02. The average molecular weight is 273 g/mol. The van der Waals surface area contributed by atoms with Gasteiger partial charge in [0.1, 0.15) is 10.4 Å². The van der Waals surface area contributed by atoms with E-state index in [1.165, 1.54) is 0 Å². The Balaban J connectivity index is 2.91. The Labute approximate surface area is 99.0 Å². The van der Waals surface area contributed by atoms with Crippen molar-refractivity contribution in [2.45, 2.75) is 20.8 Å². The molecule has 0 aliphatic heterocycles. The van der Waals surface area contributed by atoms with Gasteiger partial charge in [0.05, 0.1) is 0 Å². The van der Waals surface area contributed by atoms with E-state index in [-0.39, 0.29) is 0 Å². The van der Waals surface area contributed by atoms with Crippen LogP contribution in [0.25, 0.3) is 0 Å². The molecular weight excluding hydrogens is 256 g/mol. The summed E-state index contributed by atoms with van der Waals surface area (Å²) in [5.74, 6) is 1.76. The van der Waals surface area contributed by atoms with Crippen LogP contribution in [0.2, 0.25) is 0 Å². The minimum absolute atomic E-state index is 0.495. The van der Waals surface area contributed by atoms with Crippen LogP contribution in [0, 0.1) is 5.92 Å². The van der Waals surface area contributed by atoms with Gasteiger partial charge in [-0.1, -0.05) is 13.8 Å². The highest BCUT2D eigenvalue weighted by atomic mass is 79.9. The van der Waals surface area contributed by atoms with E-state index in [4.69, 9.17) is 5.73 Å². The van der Waals surface area contributed by atoms with Gasteiger partial charge in [-0.25, -0.2) is 4.98 Å². The van der Waals surface area contributed by atoms with Gasteiger partial charge in [0.15, 0.2) is 0 Å². The van der Waals surface area contributed by atoms with Crippen molar-refractivity contribution < 1.29 is 0 Å². The lowest BCUT2D eigenvalue weighted by Gasteiger charge is -2.22. The summed E-state index contributed by atoms with van der Waals surface area (Å²) in [6, 6.07) is 1.70. The van der Waals surface area contributed by atoms with Crippen molar-refractivity contribution in [2.75, 3.05) is 23.7 Å². The largest absolute Gasteiger partial charge is 0.383 e. The molecule has 0 aliphatic rings. The van der Waals surface area contributed by atoms with Crippen molar-refractivity contribution >= 4 is 27.7 Å². The van der Waals surface area contributed by atoms with Gasteiger partial charge in [-0.15, -0.1) is 0 Å². The van der Waals surface area contributed by atoms with E-state index in [2.05, 4.69) is 51.6 Å². The minimum atomic E-state index is 0.495. The molecule has 0 atom stereocenters. The van der Waals surface area contributed by atoms with Gasteiger partial charge in [-0.2, -0.15) is 4.98 Å². The number of hydrogen-bond donors (Lipinski definition) is 1. The zero-order valence-electron chi connectivity index (χ0n) is 9.37. The molecule has 84 valence electrons. The second-order valence-electron chi connectivity index (χ2n) is 3.85. The van der Waals surface area contributed by atoms with E-state index in [0.717, 1.165) is 17.7 Å². The molecule has 0 unspecified atom stereocenters. The van der Waals surface area contributed by atoms with Crippen molar-refractivity contribution in [2.24, 2.45) is 5.92 Å². The zero-order chi connectivity index (χ0) is 11.4. The lowest BCUT2D eigenvalue weighted by molar-refractivity contribution is 0.609. The Morgan fingerprint density at radius 1 is 1.47 bits per heavy atom. The van der Waals surface area contributed by atoms with Crippen LogP contribution < -0.4 is 10.6 Å². The van der Waals surface area contributed by atoms with E-state index in [9.17, 15) is 0 Å². The molecule has 1 rings (SSSR count). The van der Waals surface area contributed by atoms with Crippen molar-refractivity contribution in [1.29, 1.82) is 0 Å². The lowest BCUT2D eigenvalue weighted by Crippen LogP contribution is -2.29. The van der Waals surface area contributed by atoms with Crippen LogP contribution in [0.3, 0.4) is 0 Å². The third-order valence-corrected chi connectivity index (χ3v) is 2.36. The molecule has 0 aromatic carbocycles. The highest BCUT2D eigenvalue weighted by molar-refractivity contribution is 9.10. The predicted octanol–water partition coefficient (Wildman–Crippen LogP) is 2.30. The zero-order valence-corrected chi connectivity index (χ0v) is 11.0. The Morgan fingerprint density at radius 3 is 2.60 bits per heavy atom. The quantitative estimate of drug-likeness (QED) is 0.855. The third kappa shape index (κ3) is 3.66. The van der Waals surface area contributed by atoms with Crippen molar-refractivity contribution in [3.05, 3.63) is 10.7 Å². The van der Waals surface area contributed by atoms with E-state index in [0.29, 0.717) is 17.7 Å². The van der Waals surface area contributed by atoms with E-state index >= 15 is 0 Å². The number of anilines is 2. The number of rotatable bonds is 4. The minimum Gasteiger partial charge on any atom is -0.383 e. The maximum Gasteiger partial charge on any atom is 0.228 e. The molecule has 0 spiro atoms. The molecule has 1 heterocycles. The Morgan fingerprint density at radius 2 is 2.13 bits per heavy atom. The summed E-state index contributed by atoms with van der Waals surface area (Å²) in [5.41, 5.74) is 5.67. The van der Waals surface area contributed by atoms with Crippen LogP contribution in [-0.4, -0.2) is 23.1 Å². The van der Waals surface area contributed by atoms with Crippen LogP contribution in [0.15, 0.2) is 10.7 Å². The lowest BCUT2D eigenvalue weighted by atomic mass is 10.2. The van der Waals surface area contributed by atoms with Gasteiger partial charge in [0.2, 0.25) is 5.95 Å². The van der Waals surface area contributed by atoms with Gasteiger partial charge in [-0.05, 0) is 28.8 Å². The summed E-state index contributed by atoms with van der Waals surface area (Å²) < 4.78 is 0.729. The van der Waals surface area contributed by atoms with Crippen molar-refractivity contribution in [3.63, 3.8) is 0 Å². The summed E-state index contributed by atoms with van der Waals surface area (Å²) in [7, 11) is 0.